The van der Waals surface area contributed by atoms with Crippen molar-refractivity contribution in [1.82, 2.24) is 5.32 Å². The number of ether oxygens (including phenoxy) is 1. The lowest BCUT2D eigenvalue weighted by Gasteiger charge is -2.27. The smallest absolute Gasteiger partial charge is 0.0574 e. The first kappa shape index (κ1) is 9.01. The molecule has 0 saturated heterocycles. The van der Waals surface area contributed by atoms with Gasteiger partial charge in [0.25, 0.3) is 0 Å². The minimum atomic E-state index is 0.530. The van der Waals surface area contributed by atoms with Crippen molar-refractivity contribution in [1.29, 1.82) is 0 Å². The molecule has 1 aliphatic carbocycles. The molecule has 0 aromatic rings. The first-order valence-corrected chi connectivity index (χ1v) is 4.54. The number of hydrogen-bond donors (Lipinski definition) is 1. The van der Waals surface area contributed by atoms with Crippen molar-refractivity contribution in [2.75, 3.05) is 20.7 Å². The molecule has 2 atom stereocenters. The highest BCUT2D eigenvalue weighted by Crippen LogP contribution is 2.25. The Balaban J connectivity index is 2.21. The predicted molar refractivity (Wildman–Crippen MR) is 46.7 cm³/mol. The van der Waals surface area contributed by atoms with Gasteiger partial charge in [0, 0.05) is 7.11 Å². The highest BCUT2D eigenvalue weighted by atomic mass is 16.5. The van der Waals surface area contributed by atoms with Crippen LogP contribution in [0.15, 0.2) is 0 Å². The predicted octanol–water partition coefficient (Wildman–Crippen LogP) is 1.41. The van der Waals surface area contributed by atoms with E-state index in [4.69, 9.17) is 4.74 Å². The van der Waals surface area contributed by atoms with Crippen LogP contribution in [0.5, 0.6) is 0 Å². The van der Waals surface area contributed by atoms with Gasteiger partial charge in [0.15, 0.2) is 0 Å². The Labute approximate surface area is 69.3 Å². The van der Waals surface area contributed by atoms with Gasteiger partial charge >= 0.3 is 0 Å². The third-order valence-electron chi connectivity index (χ3n) is 2.56. The maximum atomic E-state index is 5.34. The first-order chi connectivity index (χ1) is 5.36. The summed E-state index contributed by atoms with van der Waals surface area (Å²) in [6.45, 7) is 1.15. The average molecular weight is 157 g/mol. The minimum Gasteiger partial charge on any atom is -0.381 e. The summed E-state index contributed by atoms with van der Waals surface area (Å²) in [4.78, 5) is 0. The van der Waals surface area contributed by atoms with Crippen LogP contribution in [0.2, 0.25) is 0 Å². The monoisotopic (exact) mass is 157 g/mol. The van der Waals surface area contributed by atoms with Crippen molar-refractivity contribution < 1.29 is 4.74 Å². The fourth-order valence-electron chi connectivity index (χ4n) is 1.93. The van der Waals surface area contributed by atoms with Crippen molar-refractivity contribution in [3.8, 4) is 0 Å². The van der Waals surface area contributed by atoms with Crippen LogP contribution in [-0.4, -0.2) is 26.8 Å². The molecule has 0 amide bonds. The zero-order valence-electron chi connectivity index (χ0n) is 7.60. The molecule has 0 bridgehead atoms. The Morgan fingerprint density at radius 3 is 2.91 bits per heavy atom. The zero-order chi connectivity index (χ0) is 8.10. The SMILES string of the molecule is CNCC1CCCC(OC)C1. The van der Waals surface area contributed by atoms with Gasteiger partial charge in [-0.05, 0) is 38.8 Å². The molecule has 2 unspecified atom stereocenters. The van der Waals surface area contributed by atoms with E-state index in [2.05, 4.69) is 5.32 Å². The van der Waals surface area contributed by atoms with E-state index in [1.807, 2.05) is 14.2 Å². The van der Waals surface area contributed by atoms with E-state index in [9.17, 15) is 0 Å². The number of hydrogen-bond acceptors (Lipinski definition) is 2. The van der Waals surface area contributed by atoms with Gasteiger partial charge in [0.05, 0.1) is 6.10 Å². The van der Waals surface area contributed by atoms with Crippen LogP contribution in [0.25, 0.3) is 0 Å². The third-order valence-corrected chi connectivity index (χ3v) is 2.56. The van der Waals surface area contributed by atoms with Crippen molar-refractivity contribution in [2.24, 2.45) is 5.92 Å². The van der Waals surface area contributed by atoms with Gasteiger partial charge < -0.3 is 10.1 Å². The van der Waals surface area contributed by atoms with Crippen molar-refractivity contribution >= 4 is 0 Å². The Hall–Kier alpha value is -0.0800. The van der Waals surface area contributed by atoms with Crippen LogP contribution in [-0.2, 0) is 4.74 Å². The van der Waals surface area contributed by atoms with Crippen LogP contribution in [0.4, 0.5) is 0 Å². The van der Waals surface area contributed by atoms with E-state index in [1.54, 1.807) is 0 Å². The van der Waals surface area contributed by atoms with E-state index in [0.29, 0.717) is 6.10 Å². The topological polar surface area (TPSA) is 21.3 Å². The van der Waals surface area contributed by atoms with E-state index >= 15 is 0 Å². The maximum absolute atomic E-state index is 5.34. The average Bonchev–Trinajstić information content (AvgIpc) is 2.06. The standard InChI is InChI=1S/C9H19NO/c1-10-7-8-4-3-5-9(6-8)11-2/h8-10H,3-7H2,1-2H3. The normalized spacial score (nSPS) is 32.2. The van der Waals surface area contributed by atoms with E-state index < -0.39 is 0 Å². The van der Waals surface area contributed by atoms with Gasteiger partial charge in [-0.15, -0.1) is 0 Å². The lowest BCUT2D eigenvalue weighted by molar-refractivity contribution is 0.0511. The molecular weight excluding hydrogens is 138 g/mol. The van der Waals surface area contributed by atoms with E-state index in [0.717, 1.165) is 12.5 Å². The Morgan fingerprint density at radius 2 is 2.27 bits per heavy atom. The molecule has 0 aliphatic heterocycles. The molecule has 0 aromatic carbocycles. The third kappa shape index (κ3) is 2.80. The van der Waals surface area contributed by atoms with Crippen molar-refractivity contribution in [3.05, 3.63) is 0 Å². The Morgan fingerprint density at radius 1 is 1.45 bits per heavy atom. The van der Waals surface area contributed by atoms with Crippen molar-refractivity contribution in [2.45, 2.75) is 31.8 Å². The summed E-state index contributed by atoms with van der Waals surface area (Å²) < 4.78 is 5.34. The van der Waals surface area contributed by atoms with Crippen LogP contribution in [0, 0.1) is 5.92 Å². The Bertz CT molecular complexity index is 104. The summed E-state index contributed by atoms with van der Waals surface area (Å²) in [5.74, 6) is 0.846. The number of nitrogens with one attached hydrogen (secondary N) is 1. The largest absolute Gasteiger partial charge is 0.381 e. The lowest BCUT2D eigenvalue weighted by Crippen LogP contribution is -2.28. The molecule has 0 aromatic heterocycles. The molecule has 1 aliphatic rings. The summed E-state index contributed by atoms with van der Waals surface area (Å²) in [5.41, 5.74) is 0. The van der Waals surface area contributed by atoms with Gasteiger partial charge in [0.2, 0.25) is 0 Å². The van der Waals surface area contributed by atoms with Gasteiger partial charge in [-0.3, -0.25) is 0 Å². The second-order valence-corrected chi connectivity index (χ2v) is 3.45. The zero-order valence-corrected chi connectivity index (χ0v) is 7.60. The second kappa shape index (κ2) is 4.73. The number of methoxy groups -OCH3 is 1. The fraction of sp³-hybridized carbons (Fsp3) is 1.00. The number of rotatable bonds is 3. The summed E-state index contributed by atoms with van der Waals surface area (Å²) in [6, 6.07) is 0. The van der Waals surface area contributed by atoms with Gasteiger partial charge in [-0.2, -0.15) is 0 Å². The molecule has 0 radical (unpaired) electrons. The van der Waals surface area contributed by atoms with E-state index in [-0.39, 0.29) is 0 Å². The fourth-order valence-corrected chi connectivity index (χ4v) is 1.93. The molecule has 66 valence electrons. The summed E-state index contributed by atoms with van der Waals surface area (Å²) in [5, 5.41) is 3.23. The van der Waals surface area contributed by atoms with Crippen LogP contribution < -0.4 is 5.32 Å². The summed E-state index contributed by atoms with van der Waals surface area (Å²) >= 11 is 0. The highest BCUT2D eigenvalue weighted by molar-refractivity contribution is 4.73. The molecule has 2 heteroatoms. The maximum Gasteiger partial charge on any atom is 0.0574 e. The van der Waals surface area contributed by atoms with Crippen LogP contribution in [0.1, 0.15) is 25.7 Å². The van der Waals surface area contributed by atoms with Crippen molar-refractivity contribution in [3.63, 3.8) is 0 Å². The summed E-state index contributed by atoms with van der Waals surface area (Å²) in [7, 11) is 3.85. The molecular formula is C9H19NO. The molecule has 0 heterocycles. The van der Waals surface area contributed by atoms with E-state index in [1.165, 1.54) is 25.7 Å². The minimum absolute atomic E-state index is 0.530. The quantitative estimate of drug-likeness (QED) is 0.669. The summed E-state index contributed by atoms with van der Waals surface area (Å²) in [6.07, 6.45) is 5.75. The second-order valence-electron chi connectivity index (χ2n) is 3.45. The molecule has 2 nitrogen and oxygen atoms in total. The molecule has 1 rings (SSSR count). The lowest BCUT2D eigenvalue weighted by atomic mass is 9.87. The molecule has 1 N–H and O–H groups in total. The first-order valence-electron chi connectivity index (χ1n) is 4.54. The van der Waals surface area contributed by atoms with Gasteiger partial charge in [0.1, 0.15) is 0 Å². The molecule has 0 spiro atoms. The Kier molecular flexibility index (Phi) is 3.87. The molecule has 1 saturated carbocycles. The molecule has 11 heavy (non-hydrogen) atoms. The molecule has 1 fully saturated rings. The van der Waals surface area contributed by atoms with Crippen LogP contribution >= 0.6 is 0 Å². The van der Waals surface area contributed by atoms with Gasteiger partial charge in [-0.1, -0.05) is 6.42 Å². The highest BCUT2D eigenvalue weighted by Gasteiger charge is 2.20. The van der Waals surface area contributed by atoms with Crippen LogP contribution in [0.3, 0.4) is 0 Å². The van der Waals surface area contributed by atoms with Gasteiger partial charge in [-0.25, -0.2) is 0 Å².